The molecule has 1 fully saturated rings. The standard InChI is InChI=1S/C24H26F3NO5/c1-30-15-20-13-28(23(29)33-20)18-8-10-21-17(11-18)7-9-19(32-21)12-22(24(25,26)27)31-14-16-5-3-2-4-6-16/h2-6,8,10-11,19-20,22H,7,9,12-15H2,1H3/t19?,20-,22?/m1/s1. The predicted octanol–water partition coefficient (Wildman–Crippen LogP) is 4.89. The molecule has 2 aliphatic heterocycles. The van der Waals surface area contributed by atoms with Crippen LogP contribution in [0, 0.1) is 0 Å². The molecule has 2 aliphatic rings. The van der Waals surface area contributed by atoms with Crippen molar-refractivity contribution in [3.63, 3.8) is 0 Å². The molecule has 178 valence electrons. The summed E-state index contributed by atoms with van der Waals surface area (Å²) in [6, 6.07) is 14.0. The molecule has 0 spiro atoms. The van der Waals surface area contributed by atoms with Crippen LogP contribution in [0.3, 0.4) is 0 Å². The number of cyclic esters (lactones) is 1. The molecule has 0 N–H and O–H groups in total. The average molecular weight is 465 g/mol. The van der Waals surface area contributed by atoms with Crippen LogP contribution in [-0.4, -0.2) is 50.8 Å². The van der Waals surface area contributed by atoms with Gasteiger partial charge in [0.15, 0.2) is 6.10 Å². The van der Waals surface area contributed by atoms with Gasteiger partial charge in [-0.25, -0.2) is 4.79 Å². The van der Waals surface area contributed by atoms with Crippen LogP contribution in [0.25, 0.3) is 0 Å². The maximum absolute atomic E-state index is 13.6. The van der Waals surface area contributed by atoms with Crippen LogP contribution >= 0.6 is 0 Å². The number of carbonyl (C=O) groups excluding carboxylic acids is 1. The van der Waals surface area contributed by atoms with Crippen LogP contribution in [0.15, 0.2) is 48.5 Å². The monoisotopic (exact) mass is 465 g/mol. The van der Waals surface area contributed by atoms with Crippen molar-refractivity contribution in [2.75, 3.05) is 25.2 Å². The second kappa shape index (κ2) is 10.0. The van der Waals surface area contributed by atoms with Crippen molar-refractivity contribution in [2.24, 2.45) is 0 Å². The maximum Gasteiger partial charge on any atom is 0.414 e. The Morgan fingerprint density at radius 1 is 1.12 bits per heavy atom. The molecule has 4 rings (SSSR count). The Balaban J connectivity index is 1.39. The molecule has 9 heteroatoms. The van der Waals surface area contributed by atoms with Gasteiger partial charge in [0, 0.05) is 19.2 Å². The molecule has 1 amide bonds. The Hall–Kier alpha value is -2.78. The molecule has 2 unspecified atom stereocenters. The van der Waals surface area contributed by atoms with Gasteiger partial charge < -0.3 is 18.9 Å². The number of carbonyl (C=O) groups is 1. The smallest absolute Gasteiger partial charge is 0.414 e. The van der Waals surface area contributed by atoms with Gasteiger partial charge in [0.2, 0.25) is 0 Å². The van der Waals surface area contributed by atoms with E-state index >= 15 is 0 Å². The van der Waals surface area contributed by atoms with Crippen LogP contribution in [0.4, 0.5) is 23.7 Å². The summed E-state index contributed by atoms with van der Waals surface area (Å²) in [5.41, 5.74) is 2.20. The third kappa shape index (κ3) is 5.78. The van der Waals surface area contributed by atoms with Gasteiger partial charge in [-0.3, -0.25) is 4.90 Å². The number of nitrogens with zero attached hydrogens (tertiary/aromatic N) is 1. The van der Waals surface area contributed by atoms with E-state index in [1.54, 1.807) is 49.6 Å². The van der Waals surface area contributed by atoms with Gasteiger partial charge >= 0.3 is 12.3 Å². The number of methoxy groups -OCH3 is 1. The van der Waals surface area contributed by atoms with Gasteiger partial charge in [-0.2, -0.15) is 13.2 Å². The number of ether oxygens (including phenoxy) is 4. The minimum atomic E-state index is -4.49. The molecule has 0 aliphatic carbocycles. The first kappa shape index (κ1) is 23.4. The zero-order chi connectivity index (χ0) is 23.4. The Bertz CT molecular complexity index is 953. The molecule has 2 aromatic rings. The zero-order valence-electron chi connectivity index (χ0n) is 18.2. The topological polar surface area (TPSA) is 57.2 Å². The molecule has 0 aromatic heterocycles. The molecule has 0 saturated carbocycles. The largest absolute Gasteiger partial charge is 0.490 e. The van der Waals surface area contributed by atoms with Gasteiger partial charge in [0.1, 0.15) is 18.0 Å². The van der Waals surface area contributed by atoms with E-state index in [0.29, 0.717) is 43.0 Å². The lowest BCUT2D eigenvalue weighted by atomic mass is 9.97. The molecule has 3 atom stereocenters. The summed E-state index contributed by atoms with van der Waals surface area (Å²) < 4.78 is 62.2. The molecule has 6 nitrogen and oxygen atoms in total. The Morgan fingerprint density at radius 2 is 1.91 bits per heavy atom. The van der Waals surface area contributed by atoms with Gasteiger partial charge in [-0.1, -0.05) is 30.3 Å². The van der Waals surface area contributed by atoms with E-state index < -0.39 is 24.5 Å². The highest BCUT2D eigenvalue weighted by atomic mass is 19.4. The fraction of sp³-hybridized carbons (Fsp3) is 0.458. The Morgan fingerprint density at radius 3 is 2.64 bits per heavy atom. The fourth-order valence-electron chi connectivity index (χ4n) is 4.08. The number of hydrogen-bond acceptors (Lipinski definition) is 5. The van der Waals surface area contributed by atoms with Crippen LogP contribution < -0.4 is 9.64 Å². The van der Waals surface area contributed by atoms with Gasteiger partial charge in [0.05, 0.1) is 19.8 Å². The van der Waals surface area contributed by atoms with E-state index in [-0.39, 0.29) is 19.1 Å². The van der Waals surface area contributed by atoms with Crippen LogP contribution in [0.2, 0.25) is 0 Å². The van der Waals surface area contributed by atoms with Crippen molar-refractivity contribution in [3.8, 4) is 5.75 Å². The van der Waals surface area contributed by atoms with E-state index in [9.17, 15) is 18.0 Å². The van der Waals surface area contributed by atoms with E-state index in [2.05, 4.69) is 0 Å². The van der Waals surface area contributed by atoms with Crippen LogP contribution in [0.1, 0.15) is 24.0 Å². The summed E-state index contributed by atoms with van der Waals surface area (Å²) in [6.45, 7) is 0.569. The molecule has 0 radical (unpaired) electrons. The van der Waals surface area contributed by atoms with Crippen LogP contribution in [0.5, 0.6) is 5.75 Å². The van der Waals surface area contributed by atoms with Gasteiger partial charge in [0.25, 0.3) is 0 Å². The summed E-state index contributed by atoms with van der Waals surface area (Å²) >= 11 is 0. The van der Waals surface area contributed by atoms with Crippen molar-refractivity contribution >= 4 is 11.8 Å². The second-order valence-electron chi connectivity index (χ2n) is 8.20. The summed E-state index contributed by atoms with van der Waals surface area (Å²) in [6.07, 6.45) is -7.12. The van der Waals surface area contributed by atoms with Gasteiger partial charge in [-0.15, -0.1) is 0 Å². The number of rotatable bonds is 8. The SMILES string of the molecule is COC[C@H]1CN(c2ccc3c(c2)CCC(CC(OCc2ccccc2)C(F)(F)F)O3)C(=O)O1. The Kier molecular flexibility index (Phi) is 7.09. The number of anilines is 1. The third-order valence-electron chi connectivity index (χ3n) is 5.75. The van der Waals surface area contributed by atoms with E-state index in [1.807, 2.05) is 6.07 Å². The Labute approximate surface area is 190 Å². The van der Waals surface area contributed by atoms with Crippen molar-refractivity contribution in [1.29, 1.82) is 0 Å². The second-order valence-corrected chi connectivity index (χ2v) is 8.20. The molecule has 2 heterocycles. The highest BCUT2D eigenvalue weighted by Crippen LogP contribution is 2.36. The molecule has 2 aromatic carbocycles. The summed E-state index contributed by atoms with van der Waals surface area (Å²) in [4.78, 5) is 13.7. The lowest BCUT2D eigenvalue weighted by Gasteiger charge is -2.30. The van der Waals surface area contributed by atoms with E-state index in [1.165, 1.54) is 4.90 Å². The number of hydrogen-bond donors (Lipinski definition) is 0. The minimum absolute atomic E-state index is 0.117. The average Bonchev–Trinajstić information content (AvgIpc) is 3.16. The summed E-state index contributed by atoms with van der Waals surface area (Å²) in [5.74, 6) is 0.528. The fourth-order valence-corrected chi connectivity index (χ4v) is 4.08. The molecular weight excluding hydrogens is 439 g/mol. The molecule has 1 saturated heterocycles. The first-order valence-corrected chi connectivity index (χ1v) is 10.8. The third-order valence-corrected chi connectivity index (χ3v) is 5.75. The highest BCUT2D eigenvalue weighted by molar-refractivity contribution is 5.90. The van der Waals surface area contributed by atoms with E-state index in [4.69, 9.17) is 18.9 Å². The highest BCUT2D eigenvalue weighted by Gasteiger charge is 2.43. The summed E-state index contributed by atoms with van der Waals surface area (Å²) in [7, 11) is 1.54. The number of alkyl halides is 3. The predicted molar refractivity (Wildman–Crippen MR) is 114 cm³/mol. The first-order valence-electron chi connectivity index (χ1n) is 10.8. The minimum Gasteiger partial charge on any atom is -0.490 e. The number of amides is 1. The normalized spacial score (nSPS) is 21.3. The number of aryl methyl sites for hydroxylation is 1. The number of halogens is 3. The first-order chi connectivity index (χ1) is 15.8. The zero-order valence-corrected chi connectivity index (χ0v) is 18.2. The summed E-state index contributed by atoms with van der Waals surface area (Å²) in [5, 5.41) is 0. The maximum atomic E-state index is 13.6. The van der Waals surface area contributed by atoms with Crippen molar-refractivity contribution < 1.29 is 36.9 Å². The molecular formula is C24H26F3NO5. The van der Waals surface area contributed by atoms with Gasteiger partial charge in [-0.05, 0) is 42.2 Å². The lowest BCUT2D eigenvalue weighted by Crippen LogP contribution is -2.38. The molecule has 33 heavy (non-hydrogen) atoms. The van der Waals surface area contributed by atoms with Crippen molar-refractivity contribution in [3.05, 3.63) is 59.7 Å². The number of fused-ring (bicyclic) bond motifs is 1. The molecule has 0 bridgehead atoms. The van der Waals surface area contributed by atoms with Crippen molar-refractivity contribution in [2.45, 2.75) is 50.4 Å². The van der Waals surface area contributed by atoms with Crippen molar-refractivity contribution in [1.82, 2.24) is 0 Å². The number of benzene rings is 2. The quantitative estimate of drug-likeness (QED) is 0.556. The van der Waals surface area contributed by atoms with E-state index in [0.717, 1.165) is 5.56 Å². The lowest BCUT2D eigenvalue weighted by molar-refractivity contribution is -0.230. The van der Waals surface area contributed by atoms with Crippen LogP contribution in [-0.2, 0) is 27.2 Å².